The predicted molar refractivity (Wildman–Crippen MR) is 63.0 cm³/mol. The molecule has 0 atom stereocenters. The smallest absolute Gasteiger partial charge is 0.407 e. The highest BCUT2D eigenvalue weighted by Gasteiger charge is 2.24. The van der Waals surface area contributed by atoms with Gasteiger partial charge in [-0.2, -0.15) is 0 Å². The lowest BCUT2D eigenvalue weighted by Gasteiger charge is -2.26. The lowest BCUT2D eigenvalue weighted by Crippen LogP contribution is -2.43. The van der Waals surface area contributed by atoms with Crippen LogP contribution in [0.25, 0.3) is 0 Å². The second-order valence-electron chi connectivity index (χ2n) is 5.14. The maximum absolute atomic E-state index is 11.4. The zero-order valence-corrected chi connectivity index (χ0v) is 10.9. The van der Waals surface area contributed by atoms with E-state index in [1.165, 1.54) is 0 Å². The van der Waals surface area contributed by atoms with E-state index in [4.69, 9.17) is 9.52 Å². The molecule has 1 aliphatic rings. The molecule has 0 saturated carbocycles. The SMILES string of the molecule is CC(C)(C)OC(=O)NC1CCS(=N)(=O)CC1. The van der Waals surface area contributed by atoms with E-state index in [1.54, 1.807) is 0 Å². The molecule has 0 aromatic heterocycles. The van der Waals surface area contributed by atoms with E-state index >= 15 is 0 Å². The average molecular weight is 248 g/mol. The molecule has 16 heavy (non-hydrogen) atoms. The van der Waals surface area contributed by atoms with Gasteiger partial charge in [-0.25, -0.2) is 9.00 Å². The van der Waals surface area contributed by atoms with Crippen LogP contribution >= 0.6 is 0 Å². The van der Waals surface area contributed by atoms with E-state index in [0.29, 0.717) is 24.3 Å². The topological polar surface area (TPSA) is 79.2 Å². The van der Waals surface area contributed by atoms with Crippen molar-refractivity contribution < 1.29 is 13.7 Å². The van der Waals surface area contributed by atoms with Crippen LogP contribution in [0.3, 0.4) is 0 Å². The second kappa shape index (κ2) is 4.61. The van der Waals surface area contributed by atoms with E-state index < -0.39 is 21.4 Å². The van der Waals surface area contributed by atoms with Crippen LogP contribution in [0.2, 0.25) is 0 Å². The molecule has 0 aromatic rings. The van der Waals surface area contributed by atoms with Crippen molar-refractivity contribution in [3.63, 3.8) is 0 Å². The summed E-state index contributed by atoms with van der Waals surface area (Å²) >= 11 is 0. The zero-order valence-electron chi connectivity index (χ0n) is 10.0. The van der Waals surface area contributed by atoms with Gasteiger partial charge >= 0.3 is 6.09 Å². The van der Waals surface area contributed by atoms with Crippen molar-refractivity contribution in [3.8, 4) is 0 Å². The molecule has 1 amide bonds. The standard InChI is InChI=1S/C10H20N2O3S/c1-10(2,3)15-9(13)12-8-4-6-16(11,14)7-5-8/h8,11H,4-7H2,1-3H3,(H,12,13). The number of amides is 1. The molecule has 1 saturated heterocycles. The first-order valence-electron chi connectivity index (χ1n) is 5.42. The fraction of sp³-hybridized carbons (Fsp3) is 0.900. The van der Waals surface area contributed by atoms with Crippen molar-refractivity contribution in [2.45, 2.75) is 45.3 Å². The van der Waals surface area contributed by atoms with Gasteiger partial charge in [0.25, 0.3) is 0 Å². The highest BCUT2D eigenvalue weighted by Crippen LogP contribution is 2.14. The van der Waals surface area contributed by atoms with Gasteiger partial charge in [0, 0.05) is 27.3 Å². The number of carbonyl (C=O) groups is 1. The molecule has 0 bridgehead atoms. The number of hydrogen-bond acceptors (Lipinski definition) is 4. The third-order valence-corrected chi connectivity index (χ3v) is 4.10. The quantitative estimate of drug-likeness (QED) is 0.741. The van der Waals surface area contributed by atoms with Gasteiger partial charge in [-0.15, -0.1) is 0 Å². The van der Waals surface area contributed by atoms with Gasteiger partial charge < -0.3 is 10.1 Å². The normalized spacial score (nSPS) is 30.8. The highest BCUT2D eigenvalue weighted by molar-refractivity contribution is 7.92. The van der Waals surface area contributed by atoms with E-state index in [-0.39, 0.29) is 6.04 Å². The van der Waals surface area contributed by atoms with Crippen molar-refractivity contribution in [3.05, 3.63) is 0 Å². The Labute approximate surface area is 96.9 Å². The lowest BCUT2D eigenvalue weighted by atomic mass is 10.1. The van der Waals surface area contributed by atoms with Crippen LogP contribution in [-0.4, -0.2) is 33.5 Å². The van der Waals surface area contributed by atoms with Crippen LogP contribution in [-0.2, 0) is 14.5 Å². The minimum atomic E-state index is -2.38. The van der Waals surface area contributed by atoms with Crippen molar-refractivity contribution in [2.75, 3.05) is 11.5 Å². The molecule has 0 unspecified atom stereocenters. The molecular weight excluding hydrogens is 228 g/mol. The Hall–Kier alpha value is -0.780. The molecule has 2 N–H and O–H groups in total. The van der Waals surface area contributed by atoms with Gasteiger partial charge in [-0.3, -0.25) is 4.78 Å². The first kappa shape index (κ1) is 13.3. The first-order chi connectivity index (χ1) is 7.18. The summed E-state index contributed by atoms with van der Waals surface area (Å²) in [6, 6.07) is -0.00484. The maximum atomic E-state index is 11.4. The van der Waals surface area contributed by atoms with Gasteiger partial charge in [-0.05, 0) is 33.6 Å². The van der Waals surface area contributed by atoms with Crippen LogP contribution in [0.4, 0.5) is 4.79 Å². The van der Waals surface area contributed by atoms with Crippen molar-refractivity contribution >= 4 is 15.8 Å². The summed E-state index contributed by atoms with van der Waals surface area (Å²) in [7, 11) is -2.38. The molecule has 1 rings (SSSR count). The Balaban J connectivity index is 2.37. The van der Waals surface area contributed by atoms with Crippen molar-refractivity contribution in [1.82, 2.24) is 5.32 Å². The lowest BCUT2D eigenvalue weighted by molar-refractivity contribution is 0.0501. The van der Waals surface area contributed by atoms with E-state index in [9.17, 15) is 9.00 Å². The fourth-order valence-electron chi connectivity index (χ4n) is 1.53. The Morgan fingerprint density at radius 2 is 1.88 bits per heavy atom. The van der Waals surface area contributed by atoms with E-state index in [1.807, 2.05) is 20.8 Å². The highest BCUT2D eigenvalue weighted by atomic mass is 32.2. The Morgan fingerprint density at radius 3 is 2.31 bits per heavy atom. The van der Waals surface area contributed by atoms with Crippen molar-refractivity contribution in [2.24, 2.45) is 0 Å². The van der Waals surface area contributed by atoms with Crippen molar-refractivity contribution in [1.29, 1.82) is 4.78 Å². The van der Waals surface area contributed by atoms with E-state index in [0.717, 1.165) is 0 Å². The largest absolute Gasteiger partial charge is 0.444 e. The monoisotopic (exact) mass is 248 g/mol. The molecule has 1 fully saturated rings. The summed E-state index contributed by atoms with van der Waals surface area (Å²) in [6.45, 7) is 5.43. The summed E-state index contributed by atoms with van der Waals surface area (Å²) in [5, 5.41) is 2.74. The molecule has 6 heteroatoms. The molecular formula is C10H20N2O3S. The minimum absolute atomic E-state index is 0.00484. The second-order valence-corrected chi connectivity index (χ2v) is 7.58. The third kappa shape index (κ3) is 4.83. The number of carbonyl (C=O) groups excluding carboxylic acids is 1. The Kier molecular flexibility index (Phi) is 3.83. The fourth-order valence-corrected chi connectivity index (χ4v) is 3.06. The molecule has 5 nitrogen and oxygen atoms in total. The first-order valence-corrected chi connectivity index (χ1v) is 7.31. The minimum Gasteiger partial charge on any atom is -0.444 e. The molecule has 1 aliphatic heterocycles. The Morgan fingerprint density at radius 1 is 1.38 bits per heavy atom. The van der Waals surface area contributed by atoms with Gasteiger partial charge in [0.05, 0.1) is 0 Å². The van der Waals surface area contributed by atoms with Crippen LogP contribution in [0.5, 0.6) is 0 Å². The van der Waals surface area contributed by atoms with Crippen LogP contribution in [0.15, 0.2) is 0 Å². The van der Waals surface area contributed by atoms with E-state index in [2.05, 4.69) is 5.32 Å². The summed E-state index contributed by atoms with van der Waals surface area (Å²) in [6.07, 6.45) is 0.763. The van der Waals surface area contributed by atoms with Crippen LogP contribution < -0.4 is 5.32 Å². The Bertz CT molecular complexity index is 343. The van der Waals surface area contributed by atoms with Crippen LogP contribution in [0.1, 0.15) is 33.6 Å². The van der Waals surface area contributed by atoms with Gasteiger partial charge in [-0.1, -0.05) is 0 Å². The van der Waals surface area contributed by atoms with Crippen LogP contribution in [0, 0.1) is 4.78 Å². The third-order valence-electron chi connectivity index (χ3n) is 2.31. The molecule has 1 heterocycles. The maximum Gasteiger partial charge on any atom is 0.407 e. The van der Waals surface area contributed by atoms with Gasteiger partial charge in [0.15, 0.2) is 0 Å². The molecule has 0 spiro atoms. The van der Waals surface area contributed by atoms with Gasteiger partial charge in [0.1, 0.15) is 5.60 Å². The summed E-state index contributed by atoms with van der Waals surface area (Å²) in [4.78, 5) is 11.4. The number of alkyl carbamates (subject to hydrolysis) is 1. The molecule has 0 radical (unpaired) electrons. The predicted octanol–water partition coefficient (Wildman–Crippen LogP) is 1.72. The average Bonchev–Trinajstić information content (AvgIpc) is 2.05. The number of nitrogens with one attached hydrogen (secondary N) is 2. The number of ether oxygens (including phenoxy) is 1. The summed E-state index contributed by atoms with van der Waals surface area (Å²) in [5.74, 6) is 0.737. The number of hydrogen-bond donors (Lipinski definition) is 2. The molecule has 94 valence electrons. The number of rotatable bonds is 1. The summed E-state index contributed by atoms with van der Waals surface area (Å²) in [5.41, 5.74) is -0.498. The zero-order chi connectivity index (χ0) is 12.4. The molecule has 0 aromatic carbocycles. The van der Waals surface area contributed by atoms with Gasteiger partial charge in [0.2, 0.25) is 0 Å². The molecule has 0 aliphatic carbocycles. The summed E-state index contributed by atoms with van der Waals surface area (Å²) < 4.78 is 23.9.